The molecule has 0 amide bonds. The maximum atomic E-state index is 8.82. The van der Waals surface area contributed by atoms with Crippen LogP contribution in [0.5, 0.6) is 0 Å². The Morgan fingerprint density at radius 3 is 2.24 bits per heavy atom. The lowest BCUT2D eigenvalue weighted by molar-refractivity contribution is 0.00578. The number of ether oxygens (including phenoxy) is 1. The molecule has 0 unspecified atom stereocenters. The van der Waals surface area contributed by atoms with E-state index in [0.717, 1.165) is 0 Å². The van der Waals surface area contributed by atoms with E-state index in [1.165, 1.54) is 11.1 Å². The van der Waals surface area contributed by atoms with Crippen LogP contribution in [0, 0.1) is 11.5 Å². The fraction of sp³-hybridized carbons (Fsp3) is 0.643. The molecule has 0 bridgehead atoms. The van der Waals surface area contributed by atoms with E-state index in [2.05, 4.69) is 0 Å². The second-order valence-electron chi connectivity index (χ2n) is 6.03. The summed E-state index contributed by atoms with van der Waals surface area (Å²) in [6.45, 7) is 8.26. The summed E-state index contributed by atoms with van der Waals surface area (Å²) in [5.41, 5.74) is 5.49. The zero-order valence-corrected chi connectivity index (χ0v) is 13.6. The van der Waals surface area contributed by atoms with Crippen molar-refractivity contribution in [1.29, 1.82) is 5.26 Å². The normalized spacial score (nSPS) is 21.1. The molecule has 1 fully saturated rings. The molecule has 1 aliphatic rings. The molecule has 6 nitrogen and oxygen atoms in total. The Morgan fingerprint density at radius 1 is 1.33 bits per heavy atom. The monoisotopic (exact) mass is 293 g/mol. The molecule has 1 aliphatic heterocycles. The topological polar surface area (TPSA) is 80.7 Å². The minimum Gasteiger partial charge on any atom is -0.499 e. The van der Waals surface area contributed by atoms with E-state index in [-0.39, 0.29) is 0 Å². The molecular formula is C14H24BN3O3. The molecule has 0 aromatic carbocycles. The smallest absolute Gasteiger partial charge is 0.496 e. The summed E-state index contributed by atoms with van der Waals surface area (Å²) in [6.07, 6.45) is 5.20. The first kappa shape index (κ1) is 17.4. The maximum Gasteiger partial charge on any atom is 0.496 e. The van der Waals surface area contributed by atoms with Crippen LogP contribution in [-0.2, 0) is 14.0 Å². The van der Waals surface area contributed by atoms with E-state index in [1.54, 1.807) is 20.2 Å². The largest absolute Gasteiger partial charge is 0.499 e. The highest BCUT2D eigenvalue weighted by atomic mass is 16.7. The molecule has 1 saturated heterocycles. The van der Waals surface area contributed by atoms with Gasteiger partial charge in [0.1, 0.15) is 5.76 Å². The highest BCUT2D eigenvalue weighted by Gasteiger charge is 2.52. The van der Waals surface area contributed by atoms with Crippen molar-refractivity contribution < 1.29 is 14.0 Å². The minimum atomic E-state index is -0.558. The predicted octanol–water partition coefficient (Wildman–Crippen LogP) is 1.40. The van der Waals surface area contributed by atoms with Crippen molar-refractivity contribution in [2.45, 2.75) is 38.9 Å². The van der Waals surface area contributed by atoms with E-state index in [4.69, 9.17) is 25.0 Å². The highest BCUT2D eigenvalue weighted by Crippen LogP contribution is 2.38. The van der Waals surface area contributed by atoms with Crippen molar-refractivity contribution in [3.63, 3.8) is 0 Å². The first-order chi connectivity index (χ1) is 9.66. The summed E-state index contributed by atoms with van der Waals surface area (Å²) < 4.78 is 17.2. The summed E-state index contributed by atoms with van der Waals surface area (Å²) in [4.78, 5) is 1.45. The maximum absolute atomic E-state index is 8.82. The summed E-state index contributed by atoms with van der Waals surface area (Å²) in [5.74, 6) is 0.602. The lowest BCUT2D eigenvalue weighted by Crippen LogP contribution is -2.41. The Kier molecular flexibility index (Phi) is 5.32. The summed E-state index contributed by atoms with van der Waals surface area (Å²) in [5, 5.41) is 8.82. The van der Waals surface area contributed by atoms with Crippen LogP contribution >= 0.6 is 0 Å². The number of nitriles is 1. The number of nitrogens with zero attached hydrogens (tertiary/aromatic N) is 2. The second kappa shape index (κ2) is 6.42. The minimum absolute atomic E-state index is 0.351. The highest BCUT2D eigenvalue weighted by molar-refractivity contribution is 6.55. The molecule has 0 atom stereocenters. The van der Waals surface area contributed by atoms with Gasteiger partial charge in [0, 0.05) is 12.5 Å². The van der Waals surface area contributed by atoms with Crippen molar-refractivity contribution in [1.82, 2.24) is 4.90 Å². The van der Waals surface area contributed by atoms with Gasteiger partial charge in [-0.15, -0.1) is 0 Å². The van der Waals surface area contributed by atoms with Gasteiger partial charge in [-0.2, -0.15) is 5.26 Å². The Labute approximate surface area is 127 Å². The van der Waals surface area contributed by atoms with Gasteiger partial charge in [-0.05, 0) is 40.0 Å². The van der Waals surface area contributed by atoms with Crippen LogP contribution in [-0.4, -0.2) is 43.9 Å². The van der Waals surface area contributed by atoms with E-state index >= 15 is 0 Å². The molecule has 0 aromatic heterocycles. The number of hydrogen-bond donors (Lipinski definition) is 1. The molecule has 21 heavy (non-hydrogen) atoms. The van der Waals surface area contributed by atoms with Gasteiger partial charge in [-0.25, -0.2) is 0 Å². The Hall–Kier alpha value is -1.65. The molecule has 0 aliphatic carbocycles. The lowest BCUT2D eigenvalue weighted by atomic mass is 9.78. The first-order valence-corrected chi connectivity index (χ1v) is 6.79. The number of nitrogens with two attached hydrogens (primary N) is 1. The molecule has 116 valence electrons. The first-order valence-electron chi connectivity index (χ1n) is 6.79. The van der Waals surface area contributed by atoms with Crippen LogP contribution in [0.4, 0.5) is 0 Å². The van der Waals surface area contributed by atoms with Crippen LogP contribution in [0.1, 0.15) is 27.7 Å². The molecule has 7 heteroatoms. The zero-order chi connectivity index (χ0) is 16.3. The Bertz CT molecular complexity index is 464. The van der Waals surface area contributed by atoms with Crippen LogP contribution in [0.15, 0.2) is 23.5 Å². The van der Waals surface area contributed by atoms with Gasteiger partial charge in [-0.1, -0.05) is 0 Å². The van der Waals surface area contributed by atoms with Gasteiger partial charge in [0.25, 0.3) is 0 Å². The third-order valence-corrected chi connectivity index (χ3v) is 3.87. The standard InChI is InChI=1S/C14H24BN3O3/c1-13(2)14(3,4)21-15(20-13)11(8-16)7-12(19-6)9-18(5)10-17/h7-8H,9,16H2,1-6H3/b11-8+,12-7+. The summed E-state index contributed by atoms with van der Waals surface area (Å²) in [6, 6.07) is 0. The second-order valence-corrected chi connectivity index (χ2v) is 6.03. The Morgan fingerprint density at radius 2 is 1.86 bits per heavy atom. The van der Waals surface area contributed by atoms with Crippen LogP contribution in [0.25, 0.3) is 0 Å². The summed E-state index contributed by atoms with van der Waals surface area (Å²) >= 11 is 0. The SMILES string of the molecule is CO/C(=C/C(=C\N)B1OC(C)(C)C(C)(C)O1)CN(C)C#N. The molecule has 1 rings (SSSR count). The number of hydrogen-bond acceptors (Lipinski definition) is 6. The fourth-order valence-corrected chi connectivity index (χ4v) is 1.80. The number of likely N-dealkylation sites (N-methyl/N-ethyl adjacent to an activating group) is 1. The number of methoxy groups -OCH3 is 1. The van der Waals surface area contributed by atoms with Crippen LogP contribution < -0.4 is 5.73 Å². The van der Waals surface area contributed by atoms with Crippen LogP contribution in [0.2, 0.25) is 0 Å². The van der Waals surface area contributed by atoms with Gasteiger partial charge in [0.15, 0.2) is 6.19 Å². The van der Waals surface area contributed by atoms with E-state index in [1.807, 2.05) is 33.9 Å². The lowest BCUT2D eigenvalue weighted by Gasteiger charge is -2.32. The van der Waals surface area contributed by atoms with Gasteiger partial charge < -0.3 is 24.7 Å². The van der Waals surface area contributed by atoms with Crippen molar-refractivity contribution in [2.24, 2.45) is 5.73 Å². The third kappa shape index (κ3) is 3.93. The van der Waals surface area contributed by atoms with Crippen molar-refractivity contribution in [3.8, 4) is 6.19 Å². The molecule has 1 heterocycles. The molecule has 0 radical (unpaired) electrons. The van der Waals surface area contributed by atoms with Gasteiger partial charge in [0.2, 0.25) is 0 Å². The number of rotatable bonds is 5. The quantitative estimate of drug-likeness (QED) is 0.271. The molecule has 2 N–H and O–H groups in total. The molecular weight excluding hydrogens is 269 g/mol. The fourth-order valence-electron chi connectivity index (χ4n) is 1.80. The average Bonchev–Trinajstić information content (AvgIpc) is 2.62. The zero-order valence-electron chi connectivity index (χ0n) is 13.6. The van der Waals surface area contributed by atoms with Gasteiger partial charge in [0.05, 0.1) is 24.9 Å². The summed E-state index contributed by atoms with van der Waals surface area (Å²) in [7, 11) is 2.67. The number of allylic oxidation sites excluding steroid dienone is 2. The van der Waals surface area contributed by atoms with Crippen LogP contribution in [0.3, 0.4) is 0 Å². The van der Waals surface area contributed by atoms with Gasteiger partial charge in [-0.3, -0.25) is 0 Å². The molecule has 0 spiro atoms. The molecule has 0 aromatic rings. The van der Waals surface area contributed by atoms with E-state index in [0.29, 0.717) is 17.8 Å². The average molecular weight is 293 g/mol. The van der Waals surface area contributed by atoms with Crippen molar-refractivity contribution in [3.05, 3.63) is 23.5 Å². The predicted molar refractivity (Wildman–Crippen MR) is 81.7 cm³/mol. The molecule has 0 saturated carbocycles. The van der Waals surface area contributed by atoms with E-state index in [9.17, 15) is 0 Å². The third-order valence-electron chi connectivity index (χ3n) is 3.87. The van der Waals surface area contributed by atoms with Gasteiger partial charge >= 0.3 is 7.12 Å². The van der Waals surface area contributed by atoms with Crippen molar-refractivity contribution >= 4 is 7.12 Å². The van der Waals surface area contributed by atoms with E-state index < -0.39 is 18.3 Å². The Balaban J connectivity index is 2.93. The van der Waals surface area contributed by atoms with Crippen molar-refractivity contribution in [2.75, 3.05) is 20.7 Å².